The Labute approximate surface area is 132 Å². The number of rotatable bonds is 8. The first-order valence-corrected chi connectivity index (χ1v) is 8.36. The Morgan fingerprint density at radius 1 is 1.32 bits per heavy atom. The molecule has 0 aromatic carbocycles. The van der Waals surface area contributed by atoms with E-state index >= 15 is 0 Å². The van der Waals surface area contributed by atoms with E-state index < -0.39 is 0 Å². The average Bonchev–Trinajstić information content (AvgIpc) is 3.02. The molecule has 3 atom stereocenters. The maximum absolute atomic E-state index is 12.1. The molecule has 2 aliphatic carbocycles. The predicted molar refractivity (Wildman–Crippen MR) is 82.8 cm³/mol. The number of carbonyl (C=O) groups excluding carboxylic acids is 2. The zero-order valence-electron chi connectivity index (χ0n) is 13.4. The fraction of sp³-hybridized carbons (Fsp3) is 0.778. The second-order valence-corrected chi connectivity index (χ2v) is 6.50. The van der Waals surface area contributed by atoms with Crippen LogP contribution in [0.15, 0.2) is 0 Å². The van der Waals surface area contributed by atoms with Crippen LogP contribution in [0.3, 0.4) is 0 Å². The highest BCUT2D eigenvalue weighted by molar-refractivity contribution is 5.80. The van der Waals surface area contributed by atoms with Crippen LogP contribution >= 0.6 is 0 Å². The Balaban J connectivity index is 1.75. The summed E-state index contributed by atoms with van der Waals surface area (Å²) in [6.45, 7) is 0. The minimum absolute atomic E-state index is 0.0344. The minimum Gasteiger partial charge on any atom is -0.469 e. The van der Waals surface area contributed by atoms with Crippen molar-refractivity contribution in [2.75, 3.05) is 7.11 Å². The summed E-state index contributed by atoms with van der Waals surface area (Å²) in [5.41, 5.74) is 0. The van der Waals surface area contributed by atoms with Crippen molar-refractivity contribution in [2.45, 2.75) is 63.9 Å². The Bertz CT molecular complexity index is 431. The lowest BCUT2D eigenvalue weighted by Crippen LogP contribution is -2.27. The molecule has 2 saturated carbocycles. The molecule has 2 fully saturated rings. The van der Waals surface area contributed by atoms with E-state index in [1.165, 1.54) is 7.11 Å². The van der Waals surface area contributed by atoms with Crippen LogP contribution < -0.4 is 0 Å². The largest absolute Gasteiger partial charge is 0.469 e. The third-order valence-electron chi connectivity index (χ3n) is 4.90. The van der Waals surface area contributed by atoms with Crippen molar-refractivity contribution in [3.63, 3.8) is 0 Å². The lowest BCUT2D eigenvalue weighted by Gasteiger charge is -2.20. The number of hydrogen-bond donors (Lipinski definition) is 0. The number of terminal acetylenes is 1. The zero-order chi connectivity index (χ0) is 15.9. The predicted octanol–water partition coefficient (Wildman–Crippen LogP) is 3.09. The van der Waals surface area contributed by atoms with Gasteiger partial charge in [-0.1, -0.05) is 12.8 Å². The highest BCUT2D eigenvalue weighted by Crippen LogP contribution is 2.39. The molecular weight excluding hydrogens is 280 g/mol. The van der Waals surface area contributed by atoms with Crippen LogP contribution in [-0.2, 0) is 19.1 Å². The van der Waals surface area contributed by atoms with E-state index in [-0.39, 0.29) is 36.3 Å². The van der Waals surface area contributed by atoms with Crippen molar-refractivity contribution in [1.82, 2.24) is 0 Å². The van der Waals surface area contributed by atoms with Gasteiger partial charge in [-0.3, -0.25) is 9.59 Å². The van der Waals surface area contributed by atoms with Gasteiger partial charge in [0.05, 0.1) is 19.4 Å². The smallest absolute Gasteiger partial charge is 0.309 e. The molecule has 0 amide bonds. The lowest BCUT2D eigenvalue weighted by atomic mass is 9.88. The van der Waals surface area contributed by atoms with Crippen LogP contribution in [0, 0.1) is 30.1 Å². The van der Waals surface area contributed by atoms with E-state index in [0.29, 0.717) is 5.92 Å². The number of unbranched alkanes of at least 4 members (excludes halogenated alkanes) is 1. The van der Waals surface area contributed by atoms with Gasteiger partial charge in [0, 0.05) is 6.42 Å². The molecule has 0 N–H and O–H groups in total. The molecule has 0 aromatic heterocycles. The molecular formula is C18H26O4. The average molecular weight is 306 g/mol. The molecule has 2 aliphatic rings. The van der Waals surface area contributed by atoms with Crippen LogP contribution in [0.2, 0.25) is 0 Å². The summed E-state index contributed by atoms with van der Waals surface area (Å²) in [7, 11) is 1.39. The van der Waals surface area contributed by atoms with E-state index in [1.54, 1.807) is 0 Å². The van der Waals surface area contributed by atoms with Crippen LogP contribution in [0.25, 0.3) is 0 Å². The molecule has 0 heterocycles. The topological polar surface area (TPSA) is 52.6 Å². The molecule has 2 rings (SSSR count). The Hall–Kier alpha value is -1.50. The molecule has 0 unspecified atom stereocenters. The molecule has 122 valence electrons. The van der Waals surface area contributed by atoms with Gasteiger partial charge < -0.3 is 9.47 Å². The molecule has 0 aromatic rings. The zero-order valence-corrected chi connectivity index (χ0v) is 13.4. The summed E-state index contributed by atoms with van der Waals surface area (Å²) >= 11 is 0. The highest BCUT2D eigenvalue weighted by atomic mass is 16.6. The van der Waals surface area contributed by atoms with E-state index in [4.69, 9.17) is 15.9 Å². The summed E-state index contributed by atoms with van der Waals surface area (Å²) in [5, 5.41) is 0. The second-order valence-electron chi connectivity index (χ2n) is 6.50. The summed E-state index contributed by atoms with van der Waals surface area (Å²) in [6, 6.07) is 0. The van der Waals surface area contributed by atoms with E-state index in [0.717, 1.165) is 51.4 Å². The van der Waals surface area contributed by atoms with Crippen LogP contribution in [-0.4, -0.2) is 25.2 Å². The first-order valence-electron chi connectivity index (χ1n) is 8.36. The fourth-order valence-electron chi connectivity index (χ4n) is 3.48. The molecule has 0 radical (unpaired) electrons. The molecule has 22 heavy (non-hydrogen) atoms. The van der Waals surface area contributed by atoms with Crippen molar-refractivity contribution in [2.24, 2.45) is 17.8 Å². The van der Waals surface area contributed by atoms with Gasteiger partial charge in [0.15, 0.2) is 0 Å². The van der Waals surface area contributed by atoms with Gasteiger partial charge in [-0.25, -0.2) is 0 Å². The third kappa shape index (κ3) is 4.76. The monoisotopic (exact) mass is 306 g/mol. The van der Waals surface area contributed by atoms with Gasteiger partial charge in [-0.05, 0) is 43.9 Å². The van der Waals surface area contributed by atoms with E-state index in [9.17, 15) is 9.59 Å². The standard InChI is InChI=1S/C18H26O4/c1-3-4-5-10-14-11-16(14)22-17(19)12-15(18(20)21-2)13-8-6-7-9-13/h1,13-16H,4-12H2,2H3/t14-,15+,16-/m1/s1. The molecule has 0 aliphatic heterocycles. The number of hydrogen-bond acceptors (Lipinski definition) is 4. The molecule has 4 nitrogen and oxygen atoms in total. The number of methoxy groups -OCH3 is 1. The number of ether oxygens (including phenoxy) is 2. The van der Waals surface area contributed by atoms with Gasteiger partial charge in [-0.15, -0.1) is 12.3 Å². The molecule has 4 heteroatoms. The fourth-order valence-corrected chi connectivity index (χ4v) is 3.48. The SMILES string of the molecule is C#CCCC[C@@H]1C[C@H]1OC(=O)C[C@H](C(=O)OC)C1CCCC1. The number of esters is 2. The summed E-state index contributed by atoms with van der Waals surface area (Å²) in [4.78, 5) is 24.0. The maximum Gasteiger partial charge on any atom is 0.309 e. The van der Waals surface area contributed by atoms with E-state index in [1.807, 2.05) is 0 Å². The summed E-state index contributed by atoms with van der Waals surface area (Å²) < 4.78 is 10.4. The van der Waals surface area contributed by atoms with Crippen LogP contribution in [0.1, 0.15) is 57.8 Å². The van der Waals surface area contributed by atoms with Gasteiger partial charge in [0.2, 0.25) is 0 Å². The summed E-state index contributed by atoms with van der Waals surface area (Å²) in [6.07, 6.45) is 13.4. The third-order valence-corrected chi connectivity index (χ3v) is 4.90. The Morgan fingerprint density at radius 3 is 2.68 bits per heavy atom. The summed E-state index contributed by atoms with van der Waals surface area (Å²) in [5.74, 6) is 2.49. The quantitative estimate of drug-likeness (QED) is 0.393. The van der Waals surface area contributed by atoms with Crippen molar-refractivity contribution in [1.29, 1.82) is 0 Å². The van der Waals surface area contributed by atoms with Crippen molar-refractivity contribution in [3.05, 3.63) is 0 Å². The molecule has 0 saturated heterocycles. The normalized spacial score (nSPS) is 25.3. The van der Waals surface area contributed by atoms with E-state index in [2.05, 4.69) is 5.92 Å². The van der Waals surface area contributed by atoms with Gasteiger partial charge in [0.1, 0.15) is 6.10 Å². The Morgan fingerprint density at radius 2 is 2.05 bits per heavy atom. The Kier molecular flexibility index (Phi) is 6.30. The van der Waals surface area contributed by atoms with Gasteiger partial charge >= 0.3 is 11.9 Å². The lowest BCUT2D eigenvalue weighted by molar-refractivity contribution is -0.156. The van der Waals surface area contributed by atoms with Crippen LogP contribution in [0.5, 0.6) is 0 Å². The van der Waals surface area contributed by atoms with Crippen molar-refractivity contribution < 1.29 is 19.1 Å². The van der Waals surface area contributed by atoms with Gasteiger partial charge in [-0.2, -0.15) is 0 Å². The minimum atomic E-state index is -0.335. The maximum atomic E-state index is 12.1. The first kappa shape index (κ1) is 16.9. The van der Waals surface area contributed by atoms with Crippen molar-refractivity contribution in [3.8, 4) is 12.3 Å². The van der Waals surface area contributed by atoms with Crippen molar-refractivity contribution >= 4 is 11.9 Å². The molecule has 0 spiro atoms. The molecule has 0 bridgehead atoms. The highest BCUT2D eigenvalue weighted by Gasteiger charge is 2.41. The first-order chi connectivity index (χ1) is 10.7. The van der Waals surface area contributed by atoms with Crippen LogP contribution in [0.4, 0.5) is 0 Å². The second kappa shape index (κ2) is 8.22. The van der Waals surface area contributed by atoms with Gasteiger partial charge in [0.25, 0.3) is 0 Å². The number of carbonyl (C=O) groups is 2.